The van der Waals surface area contributed by atoms with Crippen molar-refractivity contribution in [2.75, 3.05) is 0 Å². The average molecular weight is 219 g/mol. The number of para-hydroxylation sites is 1. The third-order valence-corrected chi connectivity index (χ3v) is 2.66. The van der Waals surface area contributed by atoms with Crippen molar-refractivity contribution in [3.8, 4) is 11.8 Å². The molecule has 3 aromatic rings. The lowest BCUT2D eigenvalue weighted by atomic mass is 10.2. The van der Waals surface area contributed by atoms with Crippen molar-refractivity contribution >= 4 is 10.9 Å². The Kier molecular flexibility index (Phi) is 2.13. The minimum absolute atomic E-state index is 0.635. The van der Waals surface area contributed by atoms with Crippen LogP contribution in [0.5, 0.6) is 0 Å². The summed E-state index contributed by atoms with van der Waals surface area (Å²) in [6.45, 7) is 0. The molecule has 0 radical (unpaired) electrons. The summed E-state index contributed by atoms with van der Waals surface area (Å²) in [7, 11) is 0. The molecule has 0 fully saturated rings. The molecule has 0 aliphatic carbocycles. The maximum atomic E-state index is 8.84. The predicted octanol–water partition coefficient (Wildman–Crippen LogP) is 2.90. The first-order valence-corrected chi connectivity index (χ1v) is 5.32. The molecule has 3 rings (SSSR count). The molecule has 0 saturated carbocycles. The Morgan fingerprint density at radius 3 is 2.65 bits per heavy atom. The molecule has 0 saturated heterocycles. The Labute approximate surface area is 98.5 Å². The number of fused-ring (bicyclic) bond motifs is 1. The first-order chi connectivity index (χ1) is 8.36. The number of nitriles is 1. The number of hydrogen-bond donors (Lipinski definition) is 0. The molecule has 3 nitrogen and oxygen atoms in total. The minimum Gasteiger partial charge on any atom is -0.240 e. The van der Waals surface area contributed by atoms with E-state index in [4.69, 9.17) is 5.26 Å². The molecule has 0 amide bonds. The van der Waals surface area contributed by atoms with Crippen LogP contribution in [0.15, 0.2) is 54.7 Å². The standard InChI is InChI=1S/C14H9N3/c15-9-11-6-7-12-10-17(16-14(12)8-11)13-4-2-1-3-5-13/h1-8,10H. The Morgan fingerprint density at radius 1 is 1.06 bits per heavy atom. The van der Waals surface area contributed by atoms with Gasteiger partial charge >= 0.3 is 0 Å². The van der Waals surface area contributed by atoms with Gasteiger partial charge in [-0.3, -0.25) is 0 Å². The highest BCUT2D eigenvalue weighted by Gasteiger charge is 2.02. The van der Waals surface area contributed by atoms with E-state index in [9.17, 15) is 0 Å². The van der Waals surface area contributed by atoms with Gasteiger partial charge < -0.3 is 0 Å². The lowest BCUT2D eigenvalue weighted by molar-refractivity contribution is 0.896. The highest BCUT2D eigenvalue weighted by Crippen LogP contribution is 2.16. The summed E-state index contributed by atoms with van der Waals surface area (Å²) in [5.41, 5.74) is 2.49. The van der Waals surface area contributed by atoms with Gasteiger partial charge in [0.1, 0.15) is 0 Å². The van der Waals surface area contributed by atoms with Crippen LogP contribution in [-0.2, 0) is 0 Å². The molecule has 1 aromatic heterocycles. The van der Waals surface area contributed by atoms with Crippen molar-refractivity contribution < 1.29 is 0 Å². The van der Waals surface area contributed by atoms with Crippen LogP contribution in [0, 0.1) is 11.3 Å². The van der Waals surface area contributed by atoms with E-state index in [1.54, 1.807) is 12.1 Å². The molecule has 3 heteroatoms. The second kappa shape index (κ2) is 3.76. The molecular weight excluding hydrogens is 210 g/mol. The van der Waals surface area contributed by atoms with E-state index < -0.39 is 0 Å². The quantitative estimate of drug-likeness (QED) is 0.631. The van der Waals surface area contributed by atoms with Crippen LogP contribution in [0.25, 0.3) is 16.6 Å². The lowest BCUT2D eigenvalue weighted by Crippen LogP contribution is -1.92. The largest absolute Gasteiger partial charge is 0.240 e. The molecule has 0 spiro atoms. The SMILES string of the molecule is N#Cc1ccc2cn(-c3ccccc3)nc2c1. The summed E-state index contributed by atoms with van der Waals surface area (Å²) >= 11 is 0. The van der Waals surface area contributed by atoms with Crippen LogP contribution in [0.3, 0.4) is 0 Å². The summed E-state index contributed by atoms with van der Waals surface area (Å²) in [6, 6.07) is 17.6. The van der Waals surface area contributed by atoms with Crippen LogP contribution in [-0.4, -0.2) is 9.78 Å². The highest BCUT2D eigenvalue weighted by molar-refractivity contribution is 5.80. The van der Waals surface area contributed by atoms with Crippen LogP contribution in [0.1, 0.15) is 5.56 Å². The van der Waals surface area contributed by atoms with Gasteiger partial charge in [0.2, 0.25) is 0 Å². The summed E-state index contributed by atoms with van der Waals surface area (Å²) in [5.74, 6) is 0. The van der Waals surface area contributed by atoms with Crippen LogP contribution < -0.4 is 0 Å². The first kappa shape index (κ1) is 9.61. The van der Waals surface area contributed by atoms with Crippen molar-refractivity contribution in [2.24, 2.45) is 0 Å². The number of rotatable bonds is 1. The zero-order valence-electron chi connectivity index (χ0n) is 9.04. The fraction of sp³-hybridized carbons (Fsp3) is 0. The molecule has 80 valence electrons. The summed E-state index contributed by atoms with van der Waals surface area (Å²) in [6.07, 6.45) is 1.96. The van der Waals surface area contributed by atoms with E-state index in [0.29, 0.717) is 5.56 Å². The molecule has 0 aliphatic heterocycles. The van der Waals surface area contributed by atoms with Gasteiger partial charge in [-0.2, -0.15) is 10.4 Å². The zero-order valence-corrected chi connectivity index (χ0v) is 9.04. The number of hydrogen-bond acceptors (Lipinski definition) is 2. The Balaban J connectivity index is 2.18. The molecule has 0 unspecified atom stereocenters. The topological polar surface area (TPSA) is 41.6 Å². The minimum atomic E-state index is 0.635. The van der Waals surface area contributed by atoms with E-state index in [1.165, 1.54) is 0 Å². The van der Waals surface area contributed by atoms with E-state index in [1.807, 2.05) is 47.3 Å². The third-order valence-electron chi connectivity index (χ3n) is 2.66. The van der Waals surface area contributed by atoms with Gasteiger partial charge in [0, 0.05) is 11.6 Å². The maximum absolute atomic E-state index is 8.84. The molecule has 0 aliphatic rings. The molecule has 17 heavy (non-hydrogen) atoms. The first-order valence-electron chi connectivity index (χ1n) is 5.32. The Morgan fingerprint density at radius 2 is 1.88 bits per heavy atom. The normalized spacial score (nSPS) is 10.3. The third kappa shape index (κ3) is 1.66. The molecular formula is C14H9N3. The number of nitrogens with zero attached hydrogens (tertiary/aromatic N) is 3. The van der Waals surface area contributed by atoms with Crippen LogP contribution >= 0.6 is 0 Å². The molecule has 2 aromatic carbocycles. The zero-order chi connectivity index (χ0) is 11.7. The fourth-order valence-electron chi connectivity index (χ4n) is 1.80. The van der Waals surface area contributed by atoms with Gasteiger partial charge in [0.15, 0.2) is 0 Å². The molecule has 0 bridgehead atoms. The maximum Gasteiger partial charge on any atom is 0.0992 e. The van der Waals surface area contributed by atoms with Gasteiger partial charge in [0.05, 0.1) is 22.8 Å². The van der Waals surface area contributed by atoms with Crippen molar-refractivity contribution in [2.45, 2.75) is 0 Å². The van der Waals surface area contributed by atoms with Gasteiger partial charge in [-0.25, -0.2) is 4.68 Å². The van der Waals surface area contributed by atoms with Gasteiger partial charge in [-0.1, -0.05) is 18.2 Å². The Hall–Kier alpha value is -2.60. The van der Waals surface area contributed by atoms with Gasteiger partial charge in [0.25, 0.3) is 0 Å². The van der Waals surface area contributed by atoms with Crippen molar-refractivity contribution in [1.82, 2.24) is 9.78 Å². The predicted molar refractivity (Wildman–Crippen MR) is 65.8 cm³/mol. The summed E-state index contributed by atoms with van der Waals surface area (Å²) < 4.78 is 1.83. The van der Waals surface area contributed by atoms with E-state index in [-0.39, 0.29) is 0 Å². The van der Waals surface area contributed by atoms with Gasteiger partial charge in [-0.15, -0.1) is 0 Å². The van der Waals surface area contributed by atoms with E-state index in [2.05, 4.69) is 11.2 Å². The van der Waals surface area contributed by atoms with E-state index in [0.717, 1.165) is 16.6 Å². The number of aromatic nitrogens is 2. The Bertz CT molecular complexity index is 705. The highest BCUT2D eigenvalue weighted by atomic mass is 15.3. The van der Waals surface area contributed by atoms with Crippen molar-refractivity contribution in [3.05, 3.63) is 60.3 Å². The van der Waals surface area contributed by atoms with Crippen molar-refractivity contribution in [3.63, 3.8) is 0 Å². The second-order valence-corrected chi connectivity index (χ2v) is 3.79. The second-order valence-electron chi connectivity index (χ2n) is 3.79. The summed E-state index contributed by atoms with van der Waals surface area (Å²) in [4.78, 5) is 0. The lowest BCUT2D eigenvalue weighted by Gasteiger charge is -1.98. The van der Waals surface area contributed by atoms with Crippen LogP contribution in [0.4, 0.5) is 0 Å². The molecule has 1 heterocycles. The van der Waals surface area contributed by atoms with Gasteiger partial charge in [-0.05, 0) is 30.3 Å². The molecule has 0 atom stereocenters. The molecule has 0 N–H and O–H groups in total. The average Bonchev–Trinajstić information content (AvgIpc) is 2.82. The summed E-state index contributed by atoms with van der Waals surface area (Å²) in [5, 5.41) is 14.3. The smallest absolute Gasteiger partial charge is 0.0992 e. The van der Waals surface area contributed by atoms with E-state index >= 15 is 0 Å². The van der Waals surface area contributed by atoms with Crippen molar-refractivity contribution in [1.29, 1.82) is 5.26 Å². The van der Waals surface area contributed by atoms with Crippen LogP contribution in [0.2, 0.25) is 0 Å². The fourth-order valence-corrected chi connectivity index (χ4v) is 1.80. The number of benzene rings is 2. The monoisotopic (exact) mass is 219 g/mol.